The molecule has 3 heteroatoms. The SMILES string of the molecule is Cc1ccc(Nc2cccnc2C#N)cc1. The summed E-state index contributed by atoms with van der Waals surface area (Å²) < 4.78 is 0. The van der Waals surface area contributed by atoms with Crippen LogP contribution in [0, 0.1) is 18.3 Å². The van der Waals surface area contributed by atoms with E-state index in [0.717, 1.165) is 11.4 Å². The Balaban J connectivity index is 2.27. The lowest BCUT2D eigenvalue weighted by Crippen LogP contribution is -1.95. The molecule has 1 aromatic carbocycles. The summed E-state index contributed by atoms with van der Waals surface area (Å²) in [5.74, 6) is 0. The van der Waals surface area contributed by atoms with E-state index >= 15 is 0 Å². The lowest BCUT2D eigenvalue weighted by atomic mass is 10.2. The first kappa shape index (κ1) is 10.2. The van der Waals surface area contributed by atoms with Crippen LogP contribution in [-0.4, -0.2) is 4.98 Å². The van der Waals surface area contributed by atoms with Crippen molar-refractivity contribution in [2.45, 2.75) is 6.92 Å². The number of anilines is 2. The average molecular weight is 209 g/mol. The number of benzene rings is 1. The van der Waals surface area contributed by atoms with E-state index in [-0.39, 0.29) is 0 Å². The normalized spacial score (nSPS) is 9.50. The molecule has 0 aliphatic heterocycles. The fourth-order valence-corrected chi connectivity index (χ4v) is 1.39. The topological polar surface area (TPSA) is 48.7 Å². The fraction of sp³-hybridized carbons (Fsp3) is 0.0769. The highest BCUT2D eigenvalue weighted by atomic mass is 14.9. The molecule has 16 heavy (non-hydrogen) atoms. The zero-order chi connectivity index (χ0) is 11.4. The van der Waals surface area contributed by atoms with E-state index in [1.54, 1.807) is 12.3 Å². The molecule has 0 unspecified atom stereocenters. The first-order chi connectivity index (χ1) is 7.79. The van der Waals surface area contributed by atoms with Crippen LogP contribution in [0.3, 0.4) is 0 Å². The number of pyridine rings is 1. The molecule has 78 valence electrons. The molecule has 0 bridgehead atoms. The fourth-order valence-electron chi connectivity index (χ4n) is 1.39. The second-order valence-corrected chi connectivity index (χ2v) is 3.50. The lowest BCUT2D eigenvalue weighted by Gasteiger charge is -2.07. The van der Waals surface area contributed by atoms with Gasteiger partial charge >= 0.3 is 0 Å². The highest BCUT2D eigenvalue weighted by molar-refractivity contribution is 5.64. The number of nitriles is 1. The zero-order valence-electron chi connectivity index (χ0n) is 8.94. The van der Waals surface area contributed by atoms with Crippen LogP contribution in [0.4, 0.5) is 11.4 Å². The summed E-state index contributed by atoms with van der Waals surface area (Å²) in [5.41, 5.74) is 3.30. The predicted molar refractivity (Wildman–Crippen MR) is 63.4 cm³/mol. The van der Waals surface area contributed by atoms with Crippen molar-refractivity contribution in [3.63, 3.8) is 0 Å². The number of nitrogens with one attached hydrogen (secondary N) is 1. The van der Waals surface area contributed by atoms with Crippen LogP contribution < -0.4 is 5.32 Å². The summed E-state index contributed by atoms with van der Waals surface area (Å²) >= 11 is 0. The van der Waals surface area contributed by atoms with Crippen LogP contribution in [0.15, 0.2) is 42.6 Å². The second-order valence-electron chi connectivity index (χ2n) is 3.50. The molecule has 0 radical (unpaired) electrons. The largest absolute Gasteiger partial charge is 0.353 e. The van der Waals surface area contributed by atoms with Gasteiger partial charge in [-0.15, -0.1) is 0 Å². The van der Waals surface area contributed by atoms with Crippen molar-refractivity contribution in [1.29, 1.82) is 5.26 Å². The van der Waals surface area contributed by atoms with Crippen molar-refractivity contribution < 1.29 is 0 Å². The van der Waals surface area contributed by atoms with Gasteiger partial charge in [-0.3, -0.25) is 0 Å². The van der Waals surface area contributed by atoms with Gasteiger partial charge in [0, 0.05) is 11.9 Å². The Kier molecular flexibility index (Phi) is 2.84. The highest BCUT2D eigenvalue weighted by Gasteiger charge is 2.01. The predicted octanol–water partition coefficient (Wildman–Crippen LogP) is 3.01. The van der Waals surface area contributed by atoms with Crippen LogP contribution >= 0.6 is 0 Å². The minimum atomic E-state index is 0.406. The average Bonchev–Trinajstić information content (AvgIpc) is 2.33. The van der Waals surface area contributed by atoms with Crippen molar-refractivity contribution in [2.75, 3.05) is 5.32 Å². The lowest BCUT2D eigenvalue weighted by molar-refractivity contribution is 1.26. The van der Waals surface area contributed by atoms with Gasteiger partial charge in [-0.2, -0.15) is 5.26 Å². The van der Waals surface area contributed by atoms with Gasteiger partial charge in [-0.1, -0.05) is 17.7 Å². The van der Waals surface area contributed by atoms with Gasteiger partial charge < -0.3 is 5.32 Å². The molecule has 3 nitrogen and oxygen atoms in total. The maximum absolute atomic E-state index is 8.89. The van der Waals surface area contributed by atoms with E-state index in [0.29, 0.717) is 5.69 Å². The minimum Gasteiger partial charge on any atom is -0.353 e. The van der Waals surface area contributed by atoms with Crippen molar-refractivity contribution in [3.05, 3.63) is 53.9 Å². The van der Waals surface area contributed by atoms with Crippen molar-refractivity contribution in [3.8, 4) is 6.07 Å². The van der Waals surface area contributed by atoms with Gasteiger partial charge in [0.2, 0.25) is 0 Å². The monoisotopic (exact) mass is 209 g/mol. The Hall–Kier alpha value is -2.34. The molecule has 0 saturated carbocycles. The Morgan fingerprint density at radius 1 is 1.19 bits per heavy atom. The molecule has 0 spiro atoms. The third-order valence-corrected chi connectivity index (χ3v) is 2.24. The van der Waals surface area contributed by atoms with Gasteiger partial charge in [0.1, 0.15) is 6.07 Å². The Labute approximate surface area is 94.4 Å². The molecule has 0 amide bonds. The van der Waals surface area contributed by atoms with E-state index in [2.05, 4.69) is 16.4 Å². The van der Waals surface area contributed by atoms with Crippen molar-refractivity contribution in [2.24, 2.45) is 0 Å². The maximum Gasteiger partial charge on any atom is 0.163 e. The molecule has 0 aliphatic rings. The van der Waals surface area contributed by atoms with Crippen molar-refractivity contribution >= 4 is 11.4 Å². The molecule has 0 saturated heterocycles. The van der Waals surface area contributed by atoms with E-state index in [4.69, 9.17) is 5.26 Å². The molecule has 1 aromatic heterocycles. The third kappa shape index (κ3) is 2.18. The molecular weight excluding hydrogens is 198 g/mol. The molecule has 0 fully saturated rings. The number of aryl methyl sites for hydroxylation is 1. The van der Waals surface area contributed by atoms with Gasteiger partial charge in [-0.05, 0) is 31.2 Å². The van der Waals surface area contributed by atoms with Gasteiger partial charge in [-0.25, -0.2) is 4.98 Å². The third-order valence-electron chi connectivity index (χ3n) is 2.24. The van der Waals surface area contributed by atoms with Crippen LogP contribution in [-0.2, 0) is 0 Å². The summed E-state index contributed by atoms with van der Waals surface area (Å²) in [6.45, 7) is 2.04. The van der Waals surface area contributed by atoms with Crippen molar-refractivity contribution in [1.82, 2.24) is 4.98 Å². The first-order valence-electron chi connectivity index (χ1n) is 4.98. The molecule has 2 rings (SSSR count). The van der Waals surface area contributed by atoms with Crippen LogP contribution in [0.2, 0.25) is 0 Å². The van der Waals surface area contributed by atoms with Gasteiger partial charge in [0.25, 0.3) is 0 Å². The number of rotatable bonds is 2. The number of hydrogen-bond acceptors (Lipinski definition) is 3. The summed E-state index contributed by atoms with van der Waals surface area (Å²) in [6.07, 6.45) is 1.61. The van der Waals surface area contributed by atoms with Gasteiger partial charge in [0.05, 0.1) is 5.69 Å². The molecule has 0 aliphatic carbocycles. The minimum absolute atomic E-state index is 0.406. The highest BCUT2D eigenvalue weighted by Crippen LogP contribution is 2.18. The summed E-state index contributed by atoms with van der Waals surface area (Å²) in [5, 5.41) is 12.1. The van der Waals surface area contributed by atoms with Gasteiger partial charge in [0.15, 0.2) is 5.69 Å². The van der Waals surface area contributed by atoms with Crippen LogP contribution in [0.25, 0.3) is 0 Å². The van der Waals surface area contributed by atoms with E-state index in [1.807, 2.05) is 37.3 Å². The van der Waals surface area contributed by atoms with E-state index in [1.165, 1.54) is 5.56 Å². The Morgan fingerprint density at radius 3 is 2.62 bits per heavy atom. The summed E-state index contributed by atoms with van der Waals surface area (Å²) in [4.78, 5) is 3.99. The maximum atomic E-state index is 8.89. The summed E-state index contributed by atoms with van der Waals surface area (Å²) in [6, 6.07) is 13.7. The molecule has 1 N–H and O–H groups in total. The smallest absolute Gasteiger partial charge is 0.163 e. The Morgan fingerprint density at radius 2 is 1.94 bits per heavy atom. The molecular formula is C13H11N3. The Bertz CT molecular complexity index is 524. The number of nitrogens with zero attached hydrogens (tertiary/aromatic N) is 2. The first-order valence-corrected chi connectivity index (χ1v) is 4.98. The zero-order valence-corrected chi connectivity index (χ0v) is 8.94. The quantitative estimate of drug-likeness (QED) is 0.827. The molecule has 1 heterocycles. The number of hydrogen-bond donors (Lipinski definition) is 1. The second kappa shape index (κ2) is 4.45. The number of aromatic nitrogens is 1. The van der Waals surface area contributed by atoms with E-state index in [9.17, 15) is 0 Å². The standard InChI is InChI=1S/C13H11N3/c1-10-4-6-11(7-5-10)16-12-3-2-8-15-13(12)9-14/h2-8,16H,1H3. The molecule has 2 aromatic rings. The molecule has 0 atom stereocenters. The van der Waals surface area contributed by atoms with Crippen LogP contribution in [0.5, 0.6) is 0 Å². The van der Waals surface area contributed by atoms with E-state index < -0.39 is 0 Å². The summed E-state index contributed by atoms with van der Waals surface area (Å²) in [7, 11) is 0. The van der Waals surface area contributed by atoms with Crippen LogP contribution in [0.1, 0.15) is 11.3 Å².